The van der Waals surface area contributed by atoms with Crippen molar-refractivity contribution in [3.05, 3.63) is 23.8 Å². The van der Waals surface area contributed by atoms with Crippen LogP contribution in [0, 0.1) is 0 Å². The highest BCUT2D eigenvalue weighted by Crippen LogP contribution is 2.28. The fourth-order valence-electron chi connectivity index (χ4n) is 4.59. The Labute approximate surface area is 157 Å². The first-order valence-electron chi connectivity index (χ1n) is 10.0. The van der Waals surface area contributed by atoms with Gasteiger partial charge in [0, 0.05) is 50.9 Å². The van der Waals surface area contributed by atoms with Gasteiger partial charge in [-0.2, -0.15) is 0 Å². The SMILES string of the molecule is COc1cc(CN2CCN(C3CCCCC3)C(CCO)C2)cc(OC)c1. The second kappa shape index (κ2) is 9.58. The fourth-order valence-corrected chi connectivity index (χ4v) is 4.59. The van der Waals surface area contributed by atoms with Gasteiger partial charge in [0.15, 0.2) is 0 Å². The molecule has 1 atom stereocenters. The number of piperazine rings is 1. The zero-order valence-corrected chi connectivity index (χ0v) is 16.3. The summed E-state index contributed by atoms with van der Waals surface area (Å²) < 4.78 is 10.8. The quantitative estimate of drug-likeness (QED) is 0.808. The summed E-state index contributed by atoms with van der Waals surface area (Å²) in [5.74, 6) is 1.68. The van der Waals surface area contributed by atoms with Crippen LogP contribution in [0.25, 0.3) is 0 Å². The van der Waals surface area contributed by atoms with Crippen LogP contribution in [-0.4, -0.2) is 67.5 Å². The van der Waals surface area contributed by atoms with Crippen LogP contribution >= 0.6 is 0 Å². The number of benzene rings is 1. The maximum absolute atomic E-state index is 9.57. The highest BCUT2D eigenvalue weighted by Gasteiger charge is 2.32. The van der Waals surface area contributed by atoms with Crippen molar-refractivity contribution in [2.45, 2.75) is 57.2 Å². The molecule has 0 radical (unpaired) electrons. The first-order valence-corrected chi connectivity index (χ1v) is 10.0. The van der Waals surface area contributed by atoms with Crippen molar-refractivity contribution in [3.63, 3.8) is 0 Å². The summed E-state index contributed by atoms with van der Waals surface area (Å²) in [7, 11) is 3.39. The summed E-state index contributed by atoms with van der Waals surface area (Å²) in [5, 5.41) is 9.57. The lowest BCUT2D eigenvalue weighted by molar-refractivity contribution is 0.0136. The van der Waals surface area contributed by atoms with Gasteiger partial charge in [-0.25, -0.2) is 0 Å². The topological polar surface area (TPSA) is 45.2 Å². The van der Waals surface area contributed by atoms with E-state index in [0.717, 1.165) is 50.1 Å². The van der Waals surface area contributed by atoms with Crippen LogP contribution in [0.2, 0.25) is 0 Å². The van der Waals surface area contributed by atoms with Crippen LogP contribution < -0.4 is 9.47 Å². The standard InChI is InChI=1S/C21H34N2O3/c1-25-20-12-17(13-21(14-20)26-2)15-22-9-10-23(19(16-22)8-11-24)18-6-4-3-5-7-18/h12-14,18-19,24H,3-11,15-16H2,1-2H3. The average Bonchev–Trinajstić information content (AvgIpc) is 2.69. The minimum atomic E-state index is 0.273. The lowest BCUT2D eigenvalue weighted by Gasteiger charge is -2.46. The maximum atomic E-state index is 9.57. The van der Waals surface area contributed by atoms with Crippen LogP contribution in [-0.2, 0) is 6.54 Å². The van der Waals surface area contributed by atoms with Gasteiger partial charge < -0.3 is 14.6 Å². The Bertz CT molecular complexity index is 538. The molecule has 2 fully saturated rings. The van der Waals surface area contributed by atoms with Gasteiger partial charge in [0.25, 0.3) is 0 Å². The molecular formula is C21H34N2O3. The van der Waals surface area contributed by atoms with Gasteiger partial charge in [0.2, 0.25) is 0 Å². The minimum absolute atomic E-state index is 0.273. The van der Waals surface area contributed by atoms with E-state index in [0.29, 0.717) is 6.04 Å². The molecule has 1 heterocycles. The second-order valence-electron chi connectivity index (χ2n) is 7.65. The highest BCUT2D eigenvalue weighted by atomic mass is 16.5. The van der Waals surface area contributed by atoms with Gasteiger partial charge in [-0.05, 0) is 37.0 Å². The molecular weight excluding hydrogens is 328 g/mol. The molecule has 1 saturated heterocycles. The number of aliphatic hydroxyl groups excluding tert-OH is 1. The van der Waals surface area contributed by atoms with Gasteiger partial charge in [-0.1, -0.05) is 19.3 Å². The van der Waals surface area contributed by atoms with Gasteiger partial charge in [-0.15, -0.1) is 0 Å². The number of methoxy groups -OCH3 is 2. The molecule has 5 heteroatoms. The van der Waals surface area contributed by atoms with Gasteiger partial charge in [0.05, 0.1) is 14.2 Å². The van der Waals surface area contributed by atoms with Crippen molar-refractivity contribution >= 4 is 0 Å². The van der Waals surface area contributed by atoms with E-state index in [-0.39, 0.29) is 6.61 Å². The van der Waals surface area contributed by atoms with E-state index in [1.807, 2.05) is 6.07 Å². The van der Waals surface area contributed by atoms with Crippen molar-refractivity contribution in [2.24, 2.45) is 0 Å². The zero-order valence-electron chi connectivity index (χ0n) is 16.3. The summed E-state index contributed by atoms with van der Waals surface area (Å²) >= 11 is 0. The Morgan fingerprint density at radius 1 is 1.00 bits per heavy atom. The first-order chi connectivity index (χ1) is 12.7. The number of nitrogens with zero attached hydrogens (tertiary/aromatic N) is 2. The lowest BCUT2D eigenvalue weighted by atomic mass is 9.91. The van der Waals surface area contributed by atoms with Crippen molar-refractivity contribution in [2.75, 3.05) is 40.5 Å². The number of ether oxygens (including phenoxy) is 2. The van der Waals surface area contributed by atoms with Crippen LogP contribution in [0.3, 0.4) is 0 Å². The number of aliphatic hydroxyl groups is 1. The molecule has 0 spiro atoms. The highest BCUT2D eigenvalue weighted by molar-refractivity contribution is 5.38. The first kappa shape index (κ1) is 19.5. The van der Waals surface area contributed by atoms with Crippen molar-refractivity contribution in [3.8, 4) is 11.5 Å². The Balaban J connectivity index is 1.65. The van der Waals surface area contributed by atoms with E-state index < -0.39 is 0 Å². The molecule has 2 aliphatic rings. The monoisotopic (exact) mass is 362 g/mol. The fraction of sp³-hybridized carbons (Fsp3) is 0.714. The third-order valence-electron chi connectivity index (χ3n) is 5.94. The van der Waals surface area contributed by atoms with Gasteiger partial charge in [-0.3, -0.25) is 9.80 Å². The molecule has 1 aliphatic heterocycles. The van der Waals surface area contributed by atoms with E-state index in [1.165, 1.54) is 37.7 Å². The molecule has 1 saturated carbocycles. The van der Waals surface area contributed by atoms with Crippen LogP contribution in [0.1, 0.15) is 44.1 Å². The molecule has 26 heavy (non-hydrogen) atoms. The zero-order chi connectivity index (χ0) is 18.4. The van der Waals surface area contributed by atoms with Crippen molar-refractivity contribution in [1.29, 1.82) is 0 Å². The molecule has 0 bridgehead atoms. The Hall–Kier alpha value is -1.30. The molecule has 1 aromatic rings. The van der Waals surface area contributed by atoms with E-state index >= 15 is 0 Å². The summed E-state index contributed by atoms with van der Waals surface area (Å²) in [6, 6.07) is 7.29. The summed E-state index contributed by atoms with van der Waals surface area (Å²) in [6.07, 6.45) is 7.64. The van der Waals surface area contributed by atoms with E-state index in [4.69, 9.17) is 9.47 Å². The molecule has 1 N–H and O–H groups in total. The summed E-state index contributed by atoms with van der Waals surface area (Å²) in [5.41, 5.74) is 1.22. The molecule has 1 aromatic carbocycles. The predicted octanol–water partition coefficient (Wildman–Crippen LogP) is 2.91. The average molecular weight is 363 g/mol. The molecule has 3 rings (SSSR count). The van der Waals surface area contributed by atoms with Gasteiger partial charge >= 0.3 is 0 Å². The molecule has 0 amide bonds. The summed E-state index contributed by atoms with van der Waals surface area (Å²) in [4.78, 5) is 5.20. The molecule has 0 aromatic heterocycles. The Kier molecular flexibility index (Phi) is 7.17. The smallest absolute Gasteiger partial charge is 0.122 e. The molecule has 1 unspecified atom stereocenters. The van der Waals surface area contributed by atoms with Crippen molar-refractivity contribution < 1.29 is 14.6 Å². The Morgan fingerprint density at radius 2 is 1.69 bits per heavy atom. The van der Waals surface area contributed by atoms with E-state index in [1.54, 1.807) is 14.2 Å². The Morgan fingerprint density at radius 3 is 2.31 bits per heavy atom. The predicted molar refractivity (Wildman–Crippen MR) is 104 cm³/mol. The lowest BCUT2D eigenvalue weighted by Crippen LogP contribution is -2.56. The molecule has 5 nitrogen and oxygen atoms in total. The number of rotatable bonds is 7. The normalized spacial score (nSPS) is 23.1. The second-order valence-corrected chi connectivity index (χ2v) is 7.65. The number of hydrogen-bond acceptors (Lipinski definition) is 5. The van der Waals surface area contributed by atoms with E-state index in [9.17, 15) is 5.11 Å². The van der Waals surface area contributed by atoms with E-state index in [2.05, 4.69) is 21.9 Å². The maximum Gasteiger partial charge on any atom is 0.122 e. The van der Waals surface area contributed by atoms with Gasteiger partial charge in [0.1, 0.15) is 11.5 Å². The minimum Gasteiger partial charge on any atom is -0.497 e. The summed E-state index contributed by atoms with van der Waals surface area (Å²) in [6.45, 7) is 4.38. The van der Waals surface area contributed by atoms with Crippen molar-refractivity contribution in [1.82, 2.24) is 9.80 Å². The third-order valence-corrected chi connectivity index (χ3v) is 5.94. The van der Waals surface area contributed by atoms with Crippen LogP contribution in [0.4, 0.5) is 0 Å². The molecule has 1 aliphatic carbocycles. The van der Waals surface area contributed by atoms with Crippen LogP contribution in [0.5, 0.6) is 11.5 Å². The third kappa shape index (κ3) is 4.90. The largest absolute Gasteiger partial charge is 0.497 e. The molecule has 146 valence electrons. The van der Waals surface area contributed by atoms with Crippen LogP contribution in [0.15, 0.2) is 18.2 Å². The number of hydrogen-bond donors (Lipinski definition) is 1.